The van der Waals surface area contributed by atoms with Crippen LogP contribution in [0.5, 0.6) is 0 Å². The van der Waals surface area contributed by atoms with Crippen molar-refractivity contribution >= 4 is 5.97 Å². The summed E-state index contributed by atoms with van der Waals surface area (Å²) in [5.74, 6) is -1.19. The Morgan fingerprint density at radius 2 is 1.41 bits per heavy atom. The molecule has 17 heavy (non-hydrogen) atoms. The minimum Gasteiger partial charge on any atom is -0.479 e. The monoisotopic (exact) mass is 247 g/mol. The summed E-state index contributed by atoms with van der Waals surface area (Å²) in [6.45, 7) is 4.33. The lowest BCUT2D eigenvalue weighted by Gasteiger charge is -1.99. The maximum Gasteiger partial charge on any atom is 0.332 e. The van der Waals surface area contributed by atoms with Gasteiger partial charge in [-0.15, -0.1) is 0 Å². The van der Waals surface area contributed by atoms with Gasteiger partial charge in [0, 0.05) is 0 Å². The van der Waals surface area contributed by atoms with E-state index in [-0.39, 0.29) is 0 Å². The second kappa shape index (κ2) is 15.4. The van der Waals surface area contributed by atoms with Crippen molar-refractivity contribution in [2.75, 3.05) is 6.54 Å². The van der Waals surface area contributed by atoms with Gasteiger partial charge in [0.25, 0.3) is 0 Å². The number of unbranched alkanes of at least 4 members (excludes halogenated alkanes) is 7. The third-order valence-electron chi connectivity index (χ3n) is 2.42. The van der Waals surface area contributed by atoms with E-state index in [0.717, 1.165) is 6.54 Å². The van der Waals surface area contributed by atoms with Crippen LogP contribution in [-0.4, -0.2) is 28.8 Å². The van der Waals surface area contributed by atoms with Crippen LogP contribution in [0.15, 0.2) is 0 Å². The number of aliphatic hydroxyl groups excluding tert-OH is 1. The normalized spacial score (nSPS) is 11.5. The van der Waals surface area contributed by atoms with Crippen LogP contribution in [0.4, 0.5) is 0 Å². The quantitative estimate of drug-likeness (QED) is 0.547. The molecule has 4 heteroatoms. The minimum atomic E-state index is -1.23. The molecule has 0 amide bonds. The van der Waals surface area contributed by atoms with Gasteiger partial charge in [-0.2, -0.15) is 0 Å². The molecule has 104 valence electrons. The molecule has 0 radical (unpaired) electrons. The van der Waals surface area contributed by atoms with Gasteiger partial charge in [0.15, 0.2) is 0 Å². The molecule has 0 spiro atoms. The molecule has 4 nitrogen and oxygen atoms in total. The van der Waals surface area contributed by atoms with Gasteiger partial charge in [-0.3, -0.25) is 0 Å². The van der Waals surface area contributed by atoms with E-state index < -0.39 is 12.1 Å². The number of hydrogen-bond acceptors (Lipinski definition) is 3. The Kier molecular flexibility index (Phi) is 17.0. The summed E-state index contributed by atoms with van der Waals surface area (Å²) < 4.78 is 0. The van der Waals surface area contributed by atoms with E-state index in [4.69, 9.17) is 15.9 Å². The number of nitrogens with two attached hydrogens (primary N) is 1. The van der Waals surface area contributed by atoms with E-state index >= 15 is 0 Å². The standard InChI is InChI=1S/C10H23N.C3H6O3/c1-2-3-4-5-6-7-8-9-10-11;1-2(4)3(5)6/h2-11H2,1H3;2,4H,1H3,(H,5,6). The molecule has 1 unspecified atom stereocenters. The molecule has 0 aliphatic carbocycles. The third-order valence-corrected chi connectivity index (χ3v) is 2.42. The van der Waals surface area contributed by atoms with Crippen molar-refractivity contribution in [1.29, 1.82) is 0 Å². The smallest absolute Gasteiger partial charge is 0.332 e. The molecule has 0 aliphatic heterocycles. The highest BCUT2D eigenvalue weighted by atomic mass is 16.4. The number of aliphatic hydroxyl groups is 1. The van der Waals surface area contributed by atoms with Gasteiger partial charge in [-0.25, -0.2) is 4.79 Å². The van der Waals surface area contributed by atoms with Crippen molar-refractivity contribution in [3.8, 4) is 0 Å². The number of carboxylic acids is 1. The molecular formula is C13H29NO3. The maximum atomic E-state index is 9.45. The van der Waals surface area contributed by atoms with Crippen LogP contribution in [-0.2, 0) is 4.79 Å². The molecule has 0 fully saturated rings. The summed E-state index contributed by atoms with van der Waals surface area (Å²) >= 11 is 0. The summed E-state index contributed by atoms with van der Waals surface area (Å²) in [6, 6.07) is 0. The van der Waals surface area contributed by atoms with Crippen molar-refractivity contribution in [1.82, 2.24) is 0 Å². The zero-order chi connectivity index (χ0) is 13.5. The van der Waals surface area contributed by atoms with E-state index in [1.54, 1.807) is 0 Å². The first-order chi connectivity index (χ1) is 8.06. The highest BCUT2D eigenvalue weighted by Gasteiger charge is 2.01. The van der Waals surface area contributed by atoms with Gasteiger partial charge in [-0.05, 0) is 19.9 Å². The molecule has 0 rings (SSSR count). The first-order valence-corrected chi connectivity index (χ1v) is 6.67. The minimum absolute atomic E-state index is 0.870. The van der Waals surface area contributed by atoms with Crippen molar-refractivity contribution in [2.24, 2.45) is 5.73 Å². The van der Waals surface area contributed by atoms with Crippen LogP contribution < -0.4 is 5.73 Å². The summed E-state index contributed by atoms with van der Waals surface area (Å²) in [4.78, 5) is 9.45. The summed E-state index contributed by atoms with van der Waals surface area (Å²) in [5, 5.41) is 15.8. The first-order valence-electron chi connectivity index (χ1n) is 6.67. The molecule has 0 saturated carbocycles. The SMILES string of the molecule is CC(O)C(=O)O.CCCCCCCCCCN. The lowest BCUT2D eigenvalue weighted by atomic mass is 10.1. The Morgan fingerprint density at radius 1 is 1.06 bits per heavy atom. The Labute approximate surface area is 105 Å². The molecule has 0 aromatic carbocycles. The van der Waals surface area contributed by atoms with Crippen molar-refractivity contribution in [3.63, 3.8) is 0 Å². The highest BCUT2D eigenvalue weighted by Crippen LogP contribution is 2.07. The molecule has 0 aromatic heterocycles. The molecule has 0 heterocycles. The number of rotatable bonds is 9. The van der Waals surface area contributed by atoms with E-state index in [0.29, 0.717) is 0 Å². The van der Waals surface area contributed by atoms with Crippen LogP contribution in [0.3, 0.4) is 0 Å². The van der Waals surface area contributed by atoms with Crippen LogP contribution in [0, 0.1) is 0 Å². The van der Waals surface area contributed by atoms with Gasteiger partial charge in [0.2, 0.25) is 0 Å². The largest absolute Gasteiger partial charge is 0.479 e. The Bertz CT molecular complexity index is 153. The molecule has 0 saturated heterocycles. The molecule has 0 aliphatic rings. The predicted octanol–water partition coefficient (Wildman–Crippen LogP) is 2.54. The first kappa shape index (κ1) is 18.7. The highest BCUT2D eigenvalue weighted by molar-refractivity contribution is 5.71. The second-order valence-electron chi connectivity index (χ2n) is 4.28. The fourth-order valence-corrected chi connectivity index (χ4v) is 1.28. The molecule has 1 atom stereocenters. The van der Waals surface area contributed by atoms with Gasteiger partial charge < -0.3 is 15.9 Å². The van der Waals surface area contributed by atoms with Crippen LogP contribution in [0.25, 0.3) is 0 Å². The fourth-order valence-electron chi connectivity index (χ4n) is 1.28. The Hall–Kier alpha value is -0.610. The third kappa shape index (κ3) is 21.3. The zero-order valence-corrected chi connectivity index (χ0v) is 11.3. The van der Waals surface area contributed by atoms with E-state index in [1.807, 2.05) is 0 Å². The van der Waals surface area contributed by atoms with Gasteiger partial charge in [0.05, 0.1) is 0 Å². The Balaban J connectivity index is 0. The van der Waals surface area contributed by atoms with E-state index in [1.165, 1.54) is 58.3 Å². The fraction of sp³-hybridized carbons (Fsp3) is 0.923. The van der Waals surface area contributed by atoms with Crippen molar-refractivity contribution in [2.45, 2.75) is 71.3 Å². The lowest BCUT2D eigenvalue weighted by molar-refractivity contribution is -0.145. The summed E-state index contributed by atoms with van der Waals surface area (Å²) in [7, 11) is 0. The number of hydrogen-bond donors (Lipinski definition) is 3. The molecule has 0 bridgehead atoms. The zero-order valence-electron chi connectivity index (χ0n) is 11.3. The average Bonchev–Trinajstić information content (AvgIpc) is 2.29. The van der Waals surface area contributed by atoms with Crippen LogP contribution in [0.1, 0.15) is 65.2 Å². The molecule has 4 N–H and O–H groups in total. The van der Waals surface area contributed by atoms with E-state index in [9.17, 15) is 4.79 Å². The maximum absolute atomic E-state index is 9.45. The predicted molar refractivity (Wildman–Crippen MR) is 71.0 cm³/mol. The van der Waals surface area contributed by atoms with Crippen LogP contribution >= 0.6 is 0 Å². The average molecular weight is 247 g/mol. The Morgan fingerprint density at radius 3 is 1.71 bits per heavy atom. The van der Waals surface area contributed by atoms with E-state index in [2.05, 4.69) is 6.92 Å². The molecular weight excluding hydrogens is 218 g/mol. The molecule has 0 aromatic rings. The van der Waals surface area contributed by atoms with Gasteiger partial charge in [-0.1, -0.05) is 51.9 Å². The summed E-state index contributed by atoms with van der Waals surface area (Å²) in [6.07, 6.45) is 9.75. The van der Waals surface area contributed by atoms with Crippen molar-refractivity contribution < 1.29 is 15.0 Å². The topological polar surface area (TPSA) is 83.5 Å². The second-order valence-corrected chi connectivity index (χ2v) is 4.28. The number of carbonyl (C=O) groups is 1. The van der Waals surface area contributed by atoms with Gasteiger partial charge >= 0.3 is 5.97 Å². The van der Waals surface area contributed by atoms with Crippen LogP contribution in [0.2, 0.25) is 0 Å². The number of carboxylic acid groups (broad SMARTS) is 1. The summed E-state index contributed by atoms with van der Waals surface area (Å²) in [5.41, 5.74) is 5.39. The lowest BCUT2D eigenvalue weighted by Crippen LogP contribution is -2.13. The van der Waals surface area contributed by atoms with Gasteiger partial charge in [0.1, 0.15) is 6.10 Å². The number of aliphatic carboxylic acids is 1. The van der Waals surface area contributed by atoms with Crippen molar-refractivity contribution in [3.05, 3.63) is 0 Å².